The smallest absolute Gasteiger partial charge is 0.411 e. The first kappa shape index (κ1) is 20.0. The molecule has 0 saturated carbocycles. The van der Waals surface area contributed by atoms with Crippen LogP contribution < -0.4 is 10.9 Å². The van der Waals surface area contributed by atoms with E-state index >= 15 is 0 Å². The number of nitrogens with one attached hydrogen (secondary N) is 1. The Hall–Kier alpha value is -4.28. The van der Waals surface area contributed by atoms with Crippen molar-refractivity contribution >= 4 is 34.5 Å². The zero-order chi connectivity index (χ0) is 22.0. The van der Waals surface area contributed by atoms with Gasteiger partial charge in [-0.1, -0.05) is 0 Å². The molecule has 0 aliphatic carbocycles. The zero-order valence-electron chi connectivity index (χ0n) is 16.6. The van der Waals surface area contributed by atoms with Gasteiger partial charge in [0.25, 0.3) is 11.6 Å². The van der Waals surface area contributed by atoms with Gasteiger partial charge in [0.15, 0.2) is 0 Å². The average molecular weight is 423 g/mol. The monoisotopic (exact) mass is 423 g/mol. The minimum absolute atomic E-state index is 0.147. The lowest BCUT2D eigenvalue weighted by atomic mass is 10.1. The number of aromatic nitrogens is 4. The molecule has 0 unspecified atom stereocenters. The molecule has 1 aromatic carbocycles. The number of hydrogen-bond acceptors (Lipinski definition) is 9. The Balaban J connectivity index is 1.55. The molecule has 0 saturated heterocycles. The first-order chi connectivity index (χ1) is 14.9. The minimum Gasteiger partial charge on any atom is -0.455 e. The summed E-state index contributed by atoms with van der Waals surface area (Å²) in [5.74, 6) is -0.629. The van der Waals surface area contributed by atoms with Crippen LogP contribution in [0.4, 0.5) is 10.5 Å². The molecule has 0 fully saturated rings. The van der Waals surface area contributed by atoms with Crippen LogP contribution in [-0.2, 0) is 16.1 Å². The molecule has 0 aliphatic rings. The Morgan fingerprint density at radius 2 is 2.00 bits per heavy atom. The van der Waals surface area contributed by atoms with Gasteiger partial charge in [-0.05, 0) is 32.0 Å². The third kappa shape index (κ3) is 4.34. The fourth-order valence-corrected chi connectivity index (χ4v) is 2.87. The third-order valence-electron chi connectivity index (χ3n) is 4.24. The Morgan fingerprint density at radius 3 is 2.81 bits per heavy atom. The number of hydrogen-bond donors (Lipinski definition) is 1. The zero-order valence-corrected chi connectivity index (χ0v) is 16.6. The largest absolute Gasteiger partial charge is 0.455 e. The summed E-state index contributed by atoms with van der Waals surface area (Å²) in [7, 11) is 0. The summed E-state index contributed by atoms with van der Waals surface area (Å²) < 4.78 is 16.7. The summed E-state index contributed by atoms with van der Waals surface area (Å²) in [5, 5.41) is 7.11. The van der Waals surface area contributed by atoms with Crippen molar-refractivity contribution in [3.8, 4) is 0 Å². The molecule has 31 heavy (non-hydrogen) atoms. The molecule has 3 heterocycles. The Morgan fingerprint density at radius 1 is 1.16 bits per heavy atom. The van der Waals surface area contributed by atoms with Crippen LogP contribution in [-0.4, -0.2) is 38.3 Å². The Bertz CT molecular complexity index is 1360. The molecule has 4 aromatic rings. The molecule has 11 heteroatoms. The Labute approximate surface area is 174 Å². The SMILES string of the molecule is CCOC(=O)Nc1ccc2c(COC(=O)c3nc4nc(C)ccn4n3)cc(=O)oc2c1. The second kappa shape index (κ2) is 8.22. The maximum absolute atomic E-state index is 12.4. The highest BCUT2D eigenvalue weighted by atomic mass is 16.5. The van der Waals surface area contributed by atoms with Gasteiger partial charge in [-0.3, -0.25) is 5.32 Å². The Kier molecular flexibility index (Phi) is 5.31. The van der Waals surface area contributed by atoms with Crippen molar-refractivity contribution in [3.05, 3.63) is 64.0 Å². The average Bonchev–Trinajstić information content (AvgIpc) is 3.15. The predicted octanol–water partition coefficient (Wildman–Crippen LogP) is 2.46. The molecule has 0 radical (unpaired) electrons. The van der Waals surface area contributed by atoms with E-state index < -0.39 is 17.7 Å². The van der Waals surface area contributed by atoms with Crippen molar-refractivity contribution in [1.29, 1.82) is 0 Å². The number of ether oxygens (including phenoxy) is 2. The van der Waals surface area contributed by atoms with Gasteiger partial charge in [0.05, 0.1) is 6.61 Å². The molecule has 0 aliphatic heterocycles. The number of aryl methyl sites for hydroxylation is 1. The van der Waals surface area contributed by atoms with Crippen molar-refractivity contribution in [2.75, 3.05) is 11.9 Å². The van der Waals surface area contributed by atoms with E-state index in [1.165, 1.54) is 16.6 Å². The summed E-state index contributed by atoms with van der Waals surface area (Å²) in [4.78, 5) is 44.1. The van der Waals surface area contributed by atoms with Crippen LogP contribution in [0.3, 0.4) is 0 Å². The lowest BCUT2D eigenvalue weighted by Crippen LogP contribution is -2.13. The molecule has 0 bridgehead atoms. The molecule has 11 nitrogen and oxygen atoms in total. The molecule has 158 valence electrons. The number of amides is 1. The van der Waals surface area contributed by atoms with Crippen molar-refractivity contribution < 1.29 is 23.5 Å². The van der Waals surface area contributed by atoms with Gasteiger partial charge in [-0.2, -0.15) is 4.98 Å². The van der Waals surface area contributed by atoms with Gasteiger partial charge in [-0.25, -0.2) is 23.9 Å². The van der Waals surface area contributed by atoms with Crippen molar-refractivity contribution in [3.63, 3.8) is 0 Å². The van der Waals surface area contributed by atoms with E-state index in [-0.39, 0.29) is 30.4 Å². The summed E-state index contributed by atoms with van der Waals surface area (Å²) in [5.41, 5.74) is 1.15. The van der Waals surface area contributed by atoms with Crippen LogP contribution in [0.1, 0.15) is 28.8 Å². The van der Waals surface area contributed by atoms with Crippen molar-refractivity contribution in [2.24, 2.45) is 0 Å². The molecular formula is C20H17N5O6. The lowest BCUT2D eigenvalue weighted by Gasteiger charge is -2.08. The summed E-state index contributed by atoms with van der Waals surface area (Å²) in [6.45, 7) is 3.51. The van der Waals surface area contributed by atoms with Crippen LogP contribution in [0.2, 0.25) is 0 Å². The van der Waals surface area contributed by atoms with Crippen molar-refractivity contribution in [1.82, 2.24) is 19.6 Å². The fraction of sp³-hybridized carbons (Fsp3) is 0.200. The summed E-state index contributed by atoms with van der Waals surface area (Å²) in [6, 6.07) is 7.70. The van der Waals surface area contributed by atoms with Gasteiger partial charge < -0.3 is 13.9 Å². The fourth-order valence-electron chi connectivity index (χ4n) is 2.87. The minimum atomic E-state index is -0.759. The molecule has 1 amide bonds. The number of rotatable bonds is 5. The van der Waals surface area contributed by atoms with Crippen molar-refractivity contribution in [2.45, 2.75) is 20.5 Å². The number of benzene rings is 1. The molecule has 1 N–H and O–H groups in total. The van der Waals surface area contributed by atoms with Gasteiger partial charge in [0.1, 0.15) is 12.2 Å². The van der Waals surface area contributed by atoms with Crippen LogP contribution in [0.25, 0.3) is 16.7 Å². The number of carbonyl (C=O) groups excluding carboxylic acids is 2. The molecular weight excluding hydrogens is 406 g/mol. The van der Waals surface area contributed by atoms with E-state index in [9.17, 15) is 14.4 Å². The van der Waals surface area contributed by atoms with Gasteiger partial charge >= 0.3 is 17.7 Å². The third-order valence-corrected chi connectivity index (χ3v) is 4.24. The number of nitrogens with zero attached hydrogens (tertiary/aromatic N) is 4. The van der Waals surface area contributed by atoms with E-state index in [4.69, 9.17) is 13.9 Å². The van der Waals surface area contributed by atoms with Gasteiger partial charge in [0, 0.05) is 40.7 Å². The predicted molar refractivity (Wildman–Crippen MR) is 108 cm³/mol. The van der Waals surface area contributed by atoms with Gasteiger partial charge in [-0.15, -0.1) is 5.10 Å². The highest BCUT2D eigenvalue weighted by Gasteiger charge is 2.17. The van der Waals surface area contributed by atoms with E-state index in [0.29, 0.717) is 16.6 Å². The number of carbonyl (C=O) groups is 2. The van der Waals surface area contributed by atoms with E-state index in [2.05, 4.69) is 20.4 Å². The number of esters is 1. The number of fused-ring (bicyclic) bond motifs is 2. The summed E-state index contributed by atoms with van der Waals surface area (Å²) >= 11 is 0. The molecule has 0 spiro atoms. The highest BCUT2D eigenvalue weighted by molar-refractivity contribution is 5.90. The van der Waals surface area contributed by atoms with Gasteiger partial charge in [0.2, 0.25) is 0 Å². The normalized spacial score (nSPS) is 10.9. The number of anilines is 1. The standard InChI is InChI=1S/C20H17N5O6/c1-3-29-20(28)22-13-4-5-14-12(8-16(26)31-15(14)9-13)10-30-18(27)17-23-19-21-11(2)6-7-25(19)24-17/h4-9H,3,10H2,1-2H3,(H,22,28). The van der Waals surface area contributed by atoms with E-state index in [0.717, 1.165) is 5.69 Å². The van der Waals surface area contributed by atoms with E-state index in [1.807, 2.05) is 0 Å². The maximum Gasteiger partial charge on any atom is 0.411 e. The quantitative estimate of drug-likeness (QED) is 0.379. The van der Waals surface area contributed by atoms with Crippen LogP contribution in [0.5, 0.6) is 0 Å². The second-order valence-corrected chi connectivity index (χ2v) is 6.47. The second-order valence-electron chi connectivity index (χ2n) is 6.47. The van der Waals surface area contributed by atoms with Crippen LogP contribution in [0.15, 0.2) is 45.7 Å². The first-order valence-corrected chi connectivity index (χ1v) is 9.30. The van der Waals surface area contributed by atoms with E-state index in [1.54, 1.807) is 38.2 Å². The molecule has 0 atom stereocenters. The topological polar surface area (TPSA) is 138 Å². The summed E-state index contributed by atoms with van der Waals surface area (Å²) in [6.07, 6.45) is 1.01. The lowest BCUT2D eigenvalue weighted by molar-refractivity contribution is 0.0459. The highest BCUT2D eigenvalue weighted by Crippen LogP contribution is 2.22. The van der Waals surface area contributed by atoms with Crippen LogP contribution in [0, 0.1) is 6.92 Å². The maximum atomic E-state index is 12.4. The first-order valence-electron chi connectivity index (χ1n) is 9.30. The molecule has 4 rings (SSSR count). The van der Waals surface area contributed by atoms with Crippen LogP contribution >= 0.6 is 0 Å². The molecule has 3 aromatic heterocycles.